The van der Waals surface area contributed by atoms with E-state index in [0.717, 1.165) is 23.5 Å². The lowest BCUT2D eigenvalue weighted by Crippen LogP contribution is -2.42. The maximum absolute atomic E-state index is 11.8. The molecule has 1 amide bonds. The van der Waals surface area contributed by atoms with Gasteiger partial charge in [0, 0.05) is 30.9 Å². The second-order valence-electron chi connectivity index (χ2n) is 6.10. The van der Waals surface area contributed by atoms with E-state index in [1.807, 2.05) is 18.2 Å². The molecule has 3 unspecified atom stereocenters. The third-order valence-corrected chi connectivity index (χ3v) is 4.94. The lowest BCUT2D eigenvalue weighted by molar-refractivity contribution is -0.125. The van der Waals surface area contributed by atoms with Gasteiger partial charge < -0.3 is 14.9 Å². The van der Waals surface area contributed by atoms with Gasteiger partial charge in [0.25, 0.3) is 5.91 Å². The maximum atomic E-state index is 11.8. The van der Waals surface area contributed by atoms with Crippen LogP contribution in [0.3, 0.4) is 0 Å². The number of amides is 1. The van der Waals surface area contributed by atoms with Crippen LogP contribution in [0, 0.1) is 5.92 Å². The highest BCUT2D eigenvalue weighted by Gasteiger charge is 2.34. The summed E-state index contributed by atoms with van der Waals surface area (Å²) in [7, 11) is 1.73. The van der Waals surface area contributed by atoms with E-state index in [-0.39, 0.29) is 5.91 Å². The number of hydrogen-bond acceptors (Lipinski definition) is 3. The first kappa shape index (κ1) is 13.4. The van der Waals surface area contributed by atoms with Gasteiger partial charge in [0.1, 0.15) is 0 Å². The molecular weight excluding hydrogens is 252 g/mol. The van der Waals surface area contributed by atoms with E-state index in [2.05, 4.69) is 18.7 Å². The number of piperidine rings is 1. The molecule has 1 N–H and O–H groups in total. The number of fused-ring (bicyclic) bond motifs is 1. The van der Waals surface area contributed by atoms with Gasteiger partial charge in [0.05, 0.1) is 5.69 Å². The molecule has 4 heteroatoms. The highest BCUT2D eigenvalue weighted by Crippen LogP contribution is 2.39. The predicted octanol–water partition coefficient (Wildman–Crippen LogP) is 2.32. The Bertz CT molecular complexity index is 543. The van der Waals surface area contributed by atoms with Crippen LogP contribution in [0.2, 0.25) is 0 Å². The minimum Gasteiger partial charge on any atom is -0.378 e. The maximum Gasteiger partial charge on any atom is 0.260 e. The number of aliphatic hydroxyl groups is 1. The second kappa shape index (κ2) is 4.77. The van der Waals surface area contributed by atoms with Gasteiger partial charge in [-0.1, -0.05) is 13.0 Å². The van der Waals surface area contributed by atoms with Crippen LogP contribution >= 0.6 is 0 Å². The zero-order valence-electron chi connectivity index (χ0n) is 12.3. The largest absolute Gasteiger partial charge is 0.378 e. The van der Waals surface area contributed by atoms with Crippen molar-refractivity contribution >= 4 is 17.3 Å². The van der Waals surface area contributed by atoms with Crippen LogP contribution in [0.25, 0.3) is 0 Å². The average Bonchev–Trinajstić information content (AvgIpc) is 2.67. The van der Waals surface area contributed by atoms with E-state index >= 15 is 0 Å². The molecule has 2 aliphatic heterocycles. The van der Waals surface area contributed by atoms with Crippen molar-refractivity contribution in [3.05, 3.63) is 23.8 Å². The van der Waals surface area contributed by atoms with Gasteiger partial charge in [-0.15, -0.1) is 0 Å². The van der Waals surface area contributed by atoms with Gasteiger partial charge in [-0.05, 0) is 37.8 Å². The molecular formula is C16H22N2O2. The standard InChI is InChI=1S/C16H22N2O2/c1-10-5-4-8-18(11(10)2)12-6-7-13-14(9-12)17(3)16(20)15(13)19/h6-7,9-11,15,19H,4-5,8H2,1-3H3. The van der Waals surface area contributed by atoms with Crippen molar-refractivity contribution in [1.29, 1.82) is 0 Å². The number of nitrogens with zero attached hydrogens (tertiary/aromatic N) is 2. The fourth-order valence-electron chi connectivity index (χ4n) is 3.37. The van der Waals surface area contributed by atoms with Gasteiger partial charge in [0.2, 0.25) is 0 Å². The van der Waals surface area contributed by atoms with Gasteiger partial charge >= 0.3 is 0 Å². The summed E-state index contributed by atoms with van der Waals surface area (Å²) in [5, 5.41) is 9.91. The summed E-state index contributed by atoms with van der Waals surface area (Å²) >= 11 is 0. The van der Waals surface area contributed by atoms with Gasteiger partial charge in [-0.25, -0.2) is 0 Å². The highest BCUT2D eigenvalue weighted by molar-refractivity contribution is 6.03. The van der Waals surface area contributed by atoms with E-state index in [0.29, 0.717) is 12.0 Å². The van der Waals surface area contributed by atoms with E-state index in [1.54, 1.807) is 11.9 Å². The number of rotatable bonds is 1. The highest BCUT2D eigenvalue weighted by atomic mass is 16.3. The smallest absolute Gasteiger partial charge is 0.260 e. The van der Waals surface area contributed by atoms with Crippen molar-refractivity contribution in [2.45, 2.75) is 38.8 Å². The molecule has 1 aromatic carbocycles. The zero-order valence-corrected chi connectivity index (χ0v) is 12.3. The van der Waals surface area contributed by atoms with Gasteiger partial charge in [-0.3, -0.25) is 4.79 Å². The number of aliphatic hydroxyl groups excluding tert-OH is 1. The topological polar surface area (TPSA) is 43.8 Å². The van der Waals surface area contributed by atoms with Crippen LogP contribution in [0.5, 0.6) is 0 Å². The van der Waals surface area contributed by atoms with Crippen LogP contribution < -0.4 is 9.80 Å². The van der Waals surface area contributed by atoms with Crippen molar-refractivity contribution in [3.63, 3.8) is 0 Å². The molecule has 108 valence electrons. The Hall–Kier alpha value is -1.55. The molecule has 4 nitrogen and oxygen atoms in total. The van der Waals surface area contributed by atoms with Crippen LogP contribution in [0.1, 0.15) is 38.4 Å². The van der Waals surface area contributed by atoms with E-state index in [1.165, 1.54) is 12.8 Å². The molecule has 2 heterocycles. The molecule has 1 saturated heterocycles. The third-order valence-electron chi connectivity index (χ3n) is 4.94. The van der Waals surface area contributed by atoms with Crippen LogP contribution in [0.15, 0.2) is 18.2 Å². The summed E-state index contributed by atoms with van der Waals surface area (Å²) in [5.74, 6) is 0.444. The Morgan fingerprint density at radius 2 is 2.05 bits per heavy atom. The van der Waals surface area contributed by atoms with Gasteiger partial charge in [-0.2, -0.15) is 0 Å². The summed E-state index contributed by atoms with van der Waals surface area (Å²) < 4.78 is 0. The van der Waals surface area contributed by atoms with Crippen molar-refractivity contribution in [1.82, 2.24) is 0 Å². The molecule has 0 aliphatic carbocycles. The molecule has 0 bridgehead atoms. The summed E-state index contributed by atoms with van der Waals surface area (Å²) in [6.45, 7) is 5.62. The first-order valence-electron chi connectivity index (χ1n) is 7.37. The monoisotopic (exact) mass is 274 g/mol. The molecule has 0 aromatic heterocycles. The number of benzene rings is 1. The number of anilines is 2. The molecule has 1 aromatic rings. The zero-order chi connectivity index (χ0) is 14.4. The van der Waals surface area contributed by atoms with Crippen molar-refractivity contribution < 1.29 is 9.90 Å². The fraction of sp³-hybridized carbons (Fsp3) is 0.562. The number of hydrogen-bond donors (Lipinski definition) is 1. The van der Waals surface area contributed by atoms with Gasteiger partial charge in [0.15, 0.2) is 6.10 Å². The summed E-state index contributed by atoms with van der Waals surface area (Å²) in [5.41, 5.74) is 2.71. The Morgan fingerprint density at radius 1 is 1.30 bits per heavy atom. The van der Waals surface area contributed by atoms with E-state index < -0.39 is 6.10 Å². The Labute approximate surface area is 120 Å². The molecule has 2 aliphatic rings. The normalized spacial score (nSPS) is 29.8. The minimum atomic E-state index is -0.998. The SMILES string of the molecule is CC1CCCN(c2ccc3c(c2)N(C)C(=O)C3O)C1C. The van der Waals surface area contributed by atoms with Crippen molar-refractivity contribution in [3.8, 4) is 0 Å². The predicted molar refractivity (Wildman–Crippen MR) is 80.0 cm³/mol. The Kier molecular flexibility index (Phi) is 3.21. The van der Waals surface area contributed by atoms with Crippen molar-refractivity contribution in [2.24, 2.45) is 5.92 Å². The lowest BCUT2D eigenvalue weighted by atomic mass is 9.91. The van der Waals surface area contributed by atoms with Crippen LogP contribution in [0.4, 0.5) is 11.4 Å². The first-order chi connectivity index (χ1) is 9.50. The molecule has 0 spiro atoms. The minimum absolute atomic E-state index is 0.239. The molecule has 1 fully saturated rings. The fourth-order valence-corrected chi connectivity index (χ4v) is 3.37. The number of carbonyl (C=O) groups is 1. The molecule has 3 atom stereocenters. The molecule has 0 saturated carbocycles. The number of carbonyl (C=O) groups excluding carboxylic acids is 1. The van der Waals surface area contributed by atoms with Crippen LogP contribution in [-0.2, 0) is 4.79 Å². The number of likely N-dealkylation sites (N-methyl/N-ethyl adjacent to an activating group) is 1. The second-order valence-corrected chi connectivity index (χ2v) is 6.10. The van der Waals surface area contributed by atoms with Crippen molar-refractivity contribution in [2.75, 3.05) is 23.4 Å². The Balaban J connectivity index is 1.96. The lowest BCUT2D eigenvalue weighted by Gasteiger charge is -2.40. The molecule has 0 radical (unpaired) electrons. The molecule has 3 rings (SSSR count). The summed E-state index contributed by atoms with van der Waals surface area (Å²) in [4.78, 5) is 15.8. The molecule has 20 heavy (non-hydrogen) atoms. The summed E-state index contributed by atoms with van der Waals surface area (Å²) in [6.07, 6.45) is 1.49. The van der Waals surface area contributed by atoms with Crippen LogP contribution in [-0.4, -0.2) is 30.6 Å². The average molecular weight is 274 g/mol. The quantitative estimate of drug-likeness (QED) is 0.854. The summed E-state index contributed by atoms with van der Waals surface area (Å²) in [6, 6.07) is 6.47. The van der Waals surface area contributed by atoms with E-state index in [4.69, 9.17) is 0 Å². The van der Waals surface area contributed by atoms with E-state index in [9.17, 15) is 9.90 Å². The Morgan fingerprint density at radius 3 is 2.80 bits per heavy atom. The third kappa shape index (κ3) is 1.90. The first-order valence-corrected chi connectivity index (χ1v) is 7.37.